The standard InChI is InChI=1S/C12H16N2O2/c1-4-10(11(5-2)13-3)12(8-15)6-14(7-12)9-16/h4-5,8-9,13H,1-2,6-7H2,3H3/b11-10-. The molecular weight excluding hydrogens is 204 g/mol. The van der Waals surface area contributed by atoms with Crippen molar-refractivity contribution in [1.29, 1.82) is 0 Å². The summed E-state index contributed by atoms with van der Waals surface area (Å²) in [6.45, 7) is 8.20. The topological polar surface area (TPSA) is 49.4 Å². The van der Waals surface area contributed by atoms with E-state index in [0.29, 0.717) is 13.1 Å². The third-order valence-electron chi connectivity index (χ3n) is 2.85. The molecule has 0 bridgehead atoms. The number of nitrogens with one attached hydrogen (secondary N) is 1. The van der Waals surface area contributed by atoms with Gasteiger partial charge >= 0.3 is 0 Å². The number of carbonyl (C=O) groups excluding carboxylic acids is 2. The van der Waals surface area contributed by atoms with Gasteiger partial charge in [-0.1, -0.05) is 19.2 Å². The summed E-state index contributed by atoms with van der Waals surface area (Å²) in [5, 5.41) is 2.97. The van der Waals surface area contributed by atoms with Crippen LogP contribution < -0.4 is 5.32 Å². The Bertz CT molecular complexity index is 352. The van der Waals surface area contributed by atoms with Crippen LogP contribution in [0.5, 0.6) is 0 Å². The highest BCUT2D eigenvalue weighted by Gasteiger charge is 2.45. The maximum atomic E-state index is 11.2. The molecule has 0 unspecified atom stereocenters. The zero-order chi connectivity index (χ0) is 12.2. The van der Waals surface area contributed by atoms with Crippen molar-refractivity contribution in [2.45, 2.75) is 0 Å². The lowest BCUT2D eigenvalue weighted by Gasteiger charge is -2.46. The zero-order valence-corrected chi connectivity index (χ0v) is 9.40. The predicted octanol–water partition coefficient (Wildman–Crippen LogP) is 0.489. The van der Waals surface area contributed by atoms with Crippen LogP contribution in [0.15, 0.2) is 36.6 Å². The first-order chi connectivity index (χ1) is 7.67. The third kappa shape index (κ3) is 1.78. The van der Waals surface area contributed by atoms with E-state index in [1.165, 1.54) is 0 Å². The van der Waals surface area contributed by atoms with E-state index >= 15 is 0 Å². The number of carbonyl (C=O) groups is 2. The maximum Gasteiger partial charge on any atom is 0.209 e. The Labute approximate surface area is 95.3 Å². The lowest BCUT2D eigenvalue weighted by atomic mass is 9.73. The van der Waals surface area contributed by atoms with E-state index in [1.807, 2.05) is 0 Å². The number of rotatable bonds is 6. The van der Waals surface area contributed by atoms with Crippen LogP contribution in [0.1, 0.15) is 0 Å². The second kappa shape index (κ2) is 4.79. The lowest BCUT2D eigenvalue weighted by molar-refractivity contribution is -0.133. The van der Waals surface area contributed by atoms with Crippen molar-refractivity contribution in [2.75, 3.05) is 20.1 Å². The summed E-state index contributed by atoms with van der Waals surface area (Å²) in [5.74, 6) is 0. The van der Waals surface area contributed by atoms with Crippen molar-refractivity contribution in [2.24, 2.45) is 5.41 Å². The number of hydrogen-bond donors (Lipinski definition) is 1. The molecule has 16 heavy (non-hydrogen) atoms. The minimum absolute atomic E-state index is 0.403. The second-order valence-corrected chi connectivity index (χ2v) is 3.77. The van der Waals surface area contributed by atoms with Crippen LogP contribution in [0.25, 0.3) is 0 Å². The summed E-state index contributed by atoms with van der Waals surface area (Å²) in [6.07, 6.45) is 4.91. The van der Waals surface area contributed by atoms with Gasteiger partial charge in [-0.25, -0.2) is 0 Å². The molecule has 0 radical (unpaired) electrons. The molecular formula is C12H16N2O2. The van der Waals surface area contributed by atoms with E-state index in [0.717, 1.165) is 24.0 Å². The Morgan fingerprint density at radius 3 is 2.25 bits per heavy atom. The Morgan fingerprint density at radius 1 is 1.31 bits per heavy atom. The van der Waals surface area contributed by atoms with Gasteiger partial charge in [0.2, 0.25) is 6.41 Å². The van der Waals surface area contributed by atoms with Gasteiger partial charge in [0.25, 0.3) is 0 Å². The first-order valence-electron chi connectivity index (χ1n) is 5.00. The molecule has 0 saturated carbocycles. The molecule has 4 nitrogen and oxygen atoms in total. The normalized spacial score (nSPS) is 18.9. The van der Waals surface area contributed by atoms with Crippen molar-refractivity contribution in [3.05, 3.63) is 36.6 Å². The van der Waals surface area contributed by atoms with Crippen LogP contribution in [-0.2, 0) is 9.59 Å². The molecule has 0 aromatic carbocycles. The summed E-state index contributed by atoms with van der Waals surface area (Å²) in [7, 11) is 1.76. The average molecular weight is 220 g/mol. The highest BCUT2D eigenvalue weighted by atomic mass is 16.1. The van der Waals surface area contributed by atoms with Crippen molar-refractivity contribution in [3.63, 3.8) is 0 Å². The van der Waals surface area contributed by atoms with E-state index < -0.39 is 5.41 Å². The molecule has 1 aliphatic rings. The molecule has 86 valence electrons. The van der Waals surface area contributed by atoms with Gasteiger partial charge in [-0.3, -0.25) is 4.79 Å². The largest absolute Gasteiger partial charge is 0.388 e. The molecule has 0 aliphatic carbocycles. The molecule has 1 fully saturated rings. The van der Waals surface area contributed by atoms with E-state index in [4.69, 9.17) is 0 Å². The van der Waals surface area contributed by atoms with E-state index in [9.17, 15) is 9.59 Å². The van der Waals surface area contributed by atoms with Gasteiger partial charge in [-0.15, -0.1) is 0 Å². The van der Waals surface area contributed by atoms with Crippen molar-refractivity contribution in [1.82, 2.24) is 10.2 Å². The first-order valence-corrected chi connectivity index (χ1v) is 5.00. The van der Waals surface area contributed by atoms with E-state index in [-0.39, 0.29) is 0 Å². The fraction of sp³-hybridized carbons (Fsp3) is 0.333. The average Bonchev–Trinajstić information content (AvgIpc) is 2.27. The van der Waals surface area contributed by atoms with Crippen LogP contribution in [0.2, 0.25) is 0 Å². The SMILES string of the molecule is C=C/C(NC)=C(\C=C)C1(C=O)CN(C=O)C1. The first kappa shape index (κ1) is 12.2. The minimum atomic E-state index is -0.630. The number of likely N-dealkylation sites (tertiary alicyclic amines) is 1. The van der Waals surface area contributed by atoms with Gasteiger partial charge in [0, 0.05) is 25.8 Å². The summed E-state index contributed by atoms with van der Waals surface area (Å²) in [5.41, 5.74) is 0.931. The number of nitrogens with zero attached hydrogens (tertiary/aromatic N) is 1. The van der Waals surface area contributed by atoms with Gasteiger partial charge in [-0.2, -0.15) is 0 Å². The number of allylic oxidation sites excluding steroid dienone is 2. The number of amides is 1. The van der Waals surface area contributed by atoms with Gasteiger partial charge in [-0.05, 0) is 11.6 Å². The Balaban J connectivity index is 3.08. The van der Waals surface area contributed by atoms with Crippen LogP contribution in [0.3, 0.4) is 0 Å². The molecule has 1 heterocycles. The molecule has 0 spiro atoms. The van der Waals surface area contributed by atoms with Crippen LogP contribution >= 0.6 is 0 Å². The van der Waals surface area contributed by atoms with Crippen molar-refractivity contribution >= 4 is 12.7 Å². The van der Waals surface area contributed by atoms with Crippen LogP contribution in [0, 0.1) is 5.41 Å². The highest BCUT2D eigenvalue weighted by molar-refractivity contribution is 5.73. The van der Waals surface area contributed by atoms with Gasteiger partial charge < -0.3 is 15.0 Å². The molecule has 1 aliphatic heterocycles. The molecule has 1 rings (SSSR count). The Morgan fingerprint density at radius 2 is 1.94 bits per heavy atom. The number of likely N-dealkylation sites (N-methyl/N-ethyl adjacent to an activating group) is 1. The van der Waals surface area contributed by atoms with E-state index in [2.05, 4.69) is 18.5 Å². The summed E-state index contributed by atoms with van der Waals surface area (Å²) in [6, 6.07) is 0. The van der Waals surface area contributed by atoms with E-state index in [1.54, 1.807) is 24.1 Å². The lowest BCUT2D eigenvalue weighted by Crippen LogP contribution is -2.57. The number of hydrogen-bond acceptors (Lipinski definition) is 3. The zero-order valence-electron chi connectivity index (χ0n) is 9.40. The molecule has 0 aromatic heterocycles. The Hall–Kier alpha value is -1.84. The van der Waals surface area contributed by atoms with Gasteiger partial charge in [0.15, 0.2) is 0 Å². The summed E-state index contributed by atoms with van der Waals surface area (Å²) in [4.78, 5) is 23.3. The molecule has 0 atom stereocenters. The maximum absolute atomic E-state index is 11.2. The smallest absolute Gasteiger partial charge is 0.209 e. The third-order valence-corrected chi connectivity index (χ3v) is 2.85. The molecule has 1 saturated heterocycles. The van der Waals surface area contributed by atoms with Crippen LogP contribution in [-0.4, -0.2) is 37.7 Å². The molecule has 0 aromatic rings. The fourth-order valence-corrected chi connectivity index (χ4v) is 1.99. The predicted molar refractivity (Wildman–Crippen MR) is 62.6 cm³/mol. The molecule has 1 amide bonds. The highest BCUT2D eigenvalue weighted by Crippen LogP contribution is 2.37. The fourth-order valence-electron chi connectivity index (χ4n) is 1.99. The summed E-state index contributed by atoms with van der Waals surface area (Å²) >= 11 is 0. The van der Waals surface area contributed by atoms with Crippen molar-refractivity contribution < 1.29 is 9.59 Å². The quantitative estimate of drug-likeness (QED) is 0.523. The van der Waals surface area contributed by atoms with Crippen LogP contribution in [0.4, 0.5) is 0 Å². The Kier molecular flexibility index (Phi) is 3.66. The monoisotopic (exact) mass is 220 g/mol. The minimum Gasteiger partial charge on any atom is -0.388 e. The molecule has 1 N–H and O–H groups in total. The van der Waals surface area contributed by atoms with Gasteiger partial charge in [0.05, 0.1) is 5.41 Å². The summed E-state index contributed by atoms with van der Waals surface area (Å²) < 4.78 is 0. The van der Waals surface area contributed by atoms with Gasteiger partial charge in [0.1, 0.15) is 6.29 Å². The second-order valence-electron chi connectivity index (χ2n) is 3.77. The molecule has 4 heteroatoms. The van der Waals surface area contributed by atoms with Crippen molar-refractivity contribution in [3.8, 4) is 0 Å². The number of aldehydes is 1.